The molecule has 0 bridgehead atoms. The zero-order valence-electron chi connectivity index (χ0n) is 10.6. The number of ether oxygens (including phenoxy) is 1. The van der Waals surface area contributed by atoms with E-state index in [1.54, 1.807) is 13.2 Å². The van der Waals surface area contributed by atoms with Gasteiger partial charge in [0.25, 0.3) is 5.91 Å². The lowest BCUT2D eigenvalue weighted by molar-refractivity contribution is 0.0894. The quantitative estimate of drug-likeness (QED) is 0.765. The molecule has 1 unspecified atom stereocenters. The Bertz CT molecular complexity index is 371. The van der Waals surface area contributed by atoms with Crippen molar-refractivity contribution >= 4 is 11.6 Å². The molecule has 0 radical (unpaired) electrons. The molecule has 4 heteroatoms. The minimum atomic E-state index is -0.107. The average Bonchev–Trinajstić information content (AvgIpc) is 2.27. The number of amides is 1. The highest BCUT2D eigenvalue weighted by molar-refractivity contribution is 5.95. The number of hydrogen-bond donors (Lipinski definition) is 2. The van der Waals surface area contributed by atoms with Gasteiger partial charge in [-0.05, 0) is 37.1 Å². The Morgan fingerprint density at radius 1 is 1.47 bits per heavy atom. The molecule has 0 aromatic heterocycles. The standard InChI is InChI=1S/C13H20N2O2/c1-4-12(8-17-3)15-13(16)10-5-9(2)6-11(14)7-10/h5-7,12H,4,8,14H2,1-3H3,(H,15,16). The second-order valence-corrected chi connectivity index (χ2v) is 4.17. The van der Waals surface area contributed by atoms with E-state index in [1.807, 2.05) is 26.0 Å². The number of rotatable bonds is 5. The summed E-state index contributed by atoms with van der Waals surface area (Å²) in [7, 11) is 1.62. The fraction of sp³-hybridized carbons (Fsp3) is 0.462. The van der Waals surface area contributed by atoms with Crippen LogP contribution in [0.5, 0.6) is 0 Å². The summed E-state index contributed by atoms with van der Waals surface area (Å²) >= 11 is 0. The van der Waals surface area contributed by atoms with E-state index in [0.29, 0.717) is 17.9 Å². The molecule has 94 valence electrons. The first-order chi connectivity index (χ1) is 8.06. The van der Waals surface area contributed by atoms with Crippen LogP contribution in [0, 0.1) is 6.92 Å². The molecule has 0 aliphatic rings. The van der Waals surface area contributed by atoms with E-state index >= 15 is 0 Å². The summed E-state index contributed by atoms with van der Waals surface area (Å²) in [5.74, 6) is -0.107. The van der Waals surface area contributed by atoms with Gasteiger partial charge in [0, 0.05) is 18.4 Å². The highest BCUT2D eigenvalue weighted by Crippen LogP contribution is 2.11. The lowest BCUT2D eigenvalue weighted by atomic mass is 10.1. The third kappa shape index (κ3) is 4.07. The second-order valence-electron chi connectivity index (χ2n) is 4.17. The molecule has 0 saturated carbocycles. The van der Waals surface area contributed by atoms with Gasteiger partial charge in [0.1, 0.15) is 0 Å². The maximum Gasteiger partial charge on any atom is 0.251 e. The first kappa shape index (κ1) is 13.5. The lowest BCUT2D eigenvalue weighted by Crippen LogP contribution is -2.37. The molecule has 1 aromatic carbocycles. The molecule has 0 spiro atoms. The Kier molecular flexibility index (Phi) is 4.97. The van der Waals surface area contributed by atoms with Gasteiger partial charge in [-0.2, -0.15) is 0 Å². The highest BCUT2D eigenvalue weighted by Gasteiger charge is 2.12. The van der Waals surface area contributed by atoms with Crippen LogP contribution in [0.4, 0.5) is 5.69 Å². The van der Waals surface area contributed by atoms with Crippen LogP contribution in [0.15, 0.2) is 18.2 Å². The number of nitrogens with one attached hydrogen (secondary N) is 1. The monoisotopic (exact) mass is 236 g/mol. The van der Waals surface area contributed by atoms with Gasteiger partial charge in [0.15, 0.2) is 0 Å². The van der Waals surface area contributed by atoms with Gasteiger partial charge in [-0.15, -0.1) is 0 Å². The van der Waals surface area contributed by atoms with Crippen molar-refractivity contribution in [2.24, 2.45) is 0 Å². The normalized spacial score (nSPS) is 12.2. The maximum atomic E-state index is 12.0. The van der Waals surface area contributed by atoms with E-state index < -0.39 is 0 Å². The number of aryl methyl sites for hydroxylation is 1. The molecule has 0 fully saturated rings. The molecule has 1 atom stereocenters. The summed E-state index contributed by atoms with van der Waals surface area (Å²) in [6.45, 7) is 4.44. The predicted molar refractivity (Wildman–Crippen MR) is 69.0 cm³/mol. The highest BCUT2D eigenvalue weighted by atomic mass is 16.5. The molecule has 0 saturated heterocycles. The van der Waals surface area contributed by atoms with Gasteiger partial charge < -0.3 is 15.8 Å². The van der Waals surface area contributed by atoms with Gasteiger partial charge >= 0.3 is 0 Å². The van der Waals surface area contributed by atoms with E-state index in [4.69, 9.17) is 10.5 Å². The number of methoxy groups -OCH3 is 1. The maximum absolute atomic E-state index is 12.0. The Labute approximate surface area is 102 Å². The zero-order valence-corrected chi connectivity index (χ0v) is 10.6. The van der Waals surface area contributed by atoms with Crippen LogP contribution in [0.1, 0.15) is 29.3 Å². The zero-order chi connectivity index (χ0) is 12.8. The van der Waals surface area contributed by atoms with Crippen LogP contribution in [0.25, 0.3) is 0 Å². The molecule has 4 nitrogen and oxygen atoms in total. The average molecular weight is 236 g/mol. The summed E-state index contributed by atoms with van der Waals surface area (Å²) in [6.07, 6.45) is 0.834. The van der Waals surface area contributed by atoms with Crippen molar-refractivity contribution in [3.63, 3.8) is 0 Å². The fourth-order valence-electron chi connectivity index (χ4n) is 1.68. The Morgan fingerprint density at radius 2 is 2.18 bits per heavy atom. The molecular formula is C13H20N2O2. The van der Waals surface area contributed by atoms with Crippen molar-refractivity contribution < 1.29 is 9.53 Å². The van der Waals surface area contributed by atoms with Gasteiger partial charge in [-0.3, -0.25) is 4.79 Å². The van der Waals surface area contributed by atoms with Gasteiger partial charge in [0.05, 0.1) is 12.6 Å². The SMILES string of the molecule is CCC(COC)NC(=O)c1cc(C)cc(N)c1. The molecule has 0 aliphatic carbocycles. The summed E-state index contributed by atoms with van der Waals surface area (Å²) in [4.78, 5) is 12.0. The largest absolute Gasteiger partial charge is 0.399 e. The molecule has 3 N–H and O–H groups in total. The smallest absolute Gasteiger partial charge is 0.251 e. The third-order valence-corrected chi connectivity index (χ3v) is 2.56. The van der Waals surface area contributed by atoms with Crippen molar-refractivity contribution in [1.29, 1.82) is 0 Å². The third-order valence-electron chi connectivity index (χ3n) is 2.56. The molecular weight excluding hydrogens is 216 g/mol. The van der Waals surface area contributed by atoms with Crippen LogP contribution in [0.3, 0.4) is 0 Å². The van der Waals surface area contributed by atoms with Crippen LogP contribution in [-0.4, -0.2) is 25.7 Å². The Balaban J connectivity index is 2.75. The summed E-state index contributed by atoms with van der Waals surface area (Å²) in [6, 6.07) is 5.38. The molecule has 0 aliphatic heterocycles. The van der Waals surface area contributed by atoms with E-state index in [0.717, 1.165) is 12.0 Å². The Morgan fingerprint density at radius 3 is 2.71 bits per heavy atom. The van der Waals surface area contributed by atoms with Crippen LogP contribution < -0.4 is 11.1 Å². The Hall–Kier alpha value is -1.55. The van der Waals surface area contributed by atoms with Gasteiger partial charge in [-0.25, -0.2) is 0 Å². The van der Waals surface area contributed by atoms with E-state index in [9.17, 15) is 4.79 Å². The topological polar surface area (TPSA) is 64.3 Å². The van der Waals surface area contributed by atoms with Gasteiger partial charge in [-0.1, -0.05) is 6.92 Å². The van der Waals surface area contributed by atoms with Crippen molar-refractivity contribution in [1.82, 2.24) is 5.32 Å². The van der Waals surface area contributed by atoms with Crippen LogP contribution >= 0.6 is 0 Å². The number of carbonyl (C=O) groups is 1. The van der Waals surface area contributed by atoms with Crippen LogP contribution in [0.2, 0.25) is 0 Å². The van der Waals surface area contributed by atoms with E-state index in [2.05, 4.69) is 5.32 Å². The van der Waals surface area contributed by atoms with Gasteiger partial charge in [0.2, 0.25) is 0 Å². The molecule has 1 aromatic rings. The number of nitrogens with two attached hydrogens (primary N) is 1. The van der Waals surface area contributed by atoms with Crippen molar-refractivity contribution in [3.05, 3.63) is 29.3 Å². The molecule has 0 heterocycles. The van der Waals surface area contributed by atoms with E-state index in [-0.39, 0.29) is 11.9 Å². The first-order valence-corrected chi connectivity index (χ1v) is 5.73. The summed E-state index contributed by atoms with van der Waals surface area (Å²) in [5.41, 5.74) is 7.90. The molecule has 1 rings (SSSR count). The van der Waals surface area contributed by atoms with Crippen molar-refractivity contribution in [3.8, 4) is 0 Å². The number of hydrogen-bond acceptors (Lipinski definition) is 3. The number of benzene rings is 1. The van der Waals surface area contributed by atoms with Crippen molar-refractivity contribution in [2.45, 2.75) is 26.3 Å². The number of nitrogen functional groups attached to an aromatic ring is 1. The van der Waals surface area contributed by atoms with Crippen LogP contribution in [-0.2, 0) is 4.74 Å². The molecule has 17 heavy (non-hydrogen) atoms. The fourth-order valence-corrected chi connectivity index (χ4v) is 1.68. The minimum absolute atomic E-state index is 0.0363. The minimum Gasteiger partial charge on any atom is -0.399 e. The predicted octanol–water partition coefficient (Wildman–Crippen LogP) is 1.73. The van der Waals surface area contributed by atoms with Crippen molar-refractivity contribution in [2.75, 3.05) is 19.5 Å². The summed E-state index contributed by atoms with van der Waals surface area (Å²) in [5, 5.41) is 2.92. The lowest BCUT2D eigenvalue weighted by Gasteiger charge is -2.16. The summed E-state index contributed by atoms with van der Waals surface area (Å²) < 4.78 is 5.04. The number of carbonyl (C=O) groups excluding carboxylic acids is 1. The molecule has 1 amide bonds. The second kappa shape index (κ2) is 6.25. The van der Waals surface area contributed by atoms with E-state index in [1.165, 1.54) is 0 Å². The first-order valence-electron chi connectivity index (χ1n) is 5.73. The number of anilines is 1.